The molecule has 508 valence electrons. The summed E-state index contributed by atoms with van der Waals surface area (Å²) in [4.78, 5) is 54.1. The van der Waals surface area contributed by atoms with E-state index < -0.39 is 24.2 Å². The molecule has 0 heterocycles. The Morgan fingerprint density at radius 3 is 0.644 bits per heavy atom. The van der Waals surface area contributed by atoms with Crippen LogP contribution in [0.4, 0.5) is 0 Å². The maximum absolute atomic E-state index is 13.6. The Balaban J connectivity index is 2.92. The maximum atomic E-state index is 13.6. The Labute approximate surface area is 539 Å². The standard InChI is InChI=1S/C79H144O8/c1-5-9-13-17-21-25-29-33-37-41-45-49-53-57-61-65-75(80)84-73-70-69-72(71-74(73)85-76(81)66-62-58-54-50-46-42-38-34-30-26-22-18-14-10-6-2)79(86-77(82)67-63-59-55-51-47-43-39-35-31-27-23-19-15-11-7-3)87-78(83)68-64-60-56-52-48-44-40-36-32-28-24-20-16-12-8-4/h69-71,79H,5-68H2,1-4H3. The highest BCUT2D eigenvalue weighted by molar-refractivity contribution is 5.76. The van der Waals surface area contributed by atoms with E-state index in [-0.39, 0.29) is 43.2 Å². The third-order valence-electron chi connectivity index (χ3n) is 18.1. The van der Waals surface area contributed by atoms with Crippen LogP contribution >= 0.6 is 0 Å². The third-order valence-corrected chi connectivity index (χ3v) is 18.1. The van der Waals surface area contributed by atoms with Crippen molar-refractivity contribution in [1.29, 1.82) is 0 Å². The zero-order chi connectivity index (χ0) is 62.8. The largest absolute Gasteiger partial charge is 0.423 e. The number of esters is 4. The summed E-state index contributed by atoms with van der Waals surface area (Å²) in [6.07, 6.45) is 74.1. The molecule has 0 saturated heterocycles. The topological polar surface area (TPSA) is 105 Å². The normalized spacial score (nSPS) is 11.5. The van der Waals surface area contributed by atoms with E-state index in [1.807, 2.05) is 0 Å². The van der Waals surface area contributed by atoms with Gasteiger partial charge in [0.2, 0.25) is 0 Å². The second-order valence-corrected chi connectivity index (χ2v) is 26.8. The molecule has 1 rings (SSSR count). The molecule has 8 nitrogen and oxygen atoms in total. The number of carbonyl (C=O) groups is 4. The summed E-state index contributed by atoms with van der Waals surface area (Å²) in [5.74, 6) is -1.43. The van der Waals surface area contributed by atoms with Crippen molar-refractivity contribution in [3.05, 3.63) is 23.8 Å². The van der Waals surface area contributed by atoms with Crippen LogP contribution in [0.5, 0.6) is 11.5 Å². The lowest BCUT2D eigenvalue weighted by atomic mass is 10.0. The van der Waals surface area contributed by atoms with E-state index in [9.17, 15) is 19.2 Å². The van der Waals surface area contributed by atoms with Crippen molar-refractivity contribution in [3.63, 3.8) is 0 Å². The van der Waals surface area contributed by atoms with Crippen LogP contribution in [0, 0.1) is 0 Å². The van der Waals surface area contributed by atoms with Crippen molar-refractivity contribution in [3.8, 4) is 11.5 Å². The van der Waals surface area contributed by atoms with Gasteiger partial charge in [-0.1, -0.05) is 387 Å². The van der Waals surface area contributed by atoms with E-state index in [0.29, 0.717) is 24.8 Å². The van der Waals surface area contributed by atoms with Gasteiger partial charge in [0.15, 0.2) is 11.5 Å². The predicted octanol–water partition coefficient (Wildman–Crippen LogP) is 26.6. The van der Waals surface area contributed by atoms with Gasteiger partial charge in [0.25, 0.3) is 6.29 Å². The Kier molecular flexibility index (Phi) is 62.3. The van der Waals surface area contributed by atoms with Crippen molar-refractivity contribution in [2.75, 3.05) is 0 Å². The summed E-state index contributed by atoms with van der Waals surface area (Å²) in [6, 6.07) is 4.82. The summed E-state index contributed by atoms with van der Waals surface area (Å²) in [7, 11) is 0. The summed E-state index contributed by atoms with van der Waals surface area (Å²) < 4.78 is 24.0. The van der Waals surface area contributed by atoms with Crippen LogP contribution in [0.1, 0.15) is 450 Å². The highest BCUT2D eigenvalue weighted by Gasteiger charge is 2.25. The van der Waals surface area contributed by atoms with E-state index in [1.165, 1.54) is 308 Å². The summed E-state index contributed by atoms with van der Waals surface area (Å²) in [5, 5.41) is 0. The van der Waals surface area contributed by atoms with E-state index in [1.54, 1.807) is 18.2 Å². The number of unbranched alkanes of at least 4 members (excludes halogenated alkanes) is 56. The monoisotopic (exact) mass is 1220 g/mol. The van der Waals surface area contributed by atoms with E-state index in [4.69, 9.17) is 18.9 Å². The minimum absolute atomic E-state index is 0.0743. The number of hydrogen-bond acceptors (Lipinski definition) is 8. The molecule has 87 heavy (non-hydrogen) atoms. The number of rotatable bonds is 69. The maximum Gasteiger partial charge on any atom is 0.311 e. The lowest BCUT2D eigenvalue weighted by Crippen LogP contribution is -2.19. The molecule has 0 atom stereocenters. The molecular formula is C79H144O8. The predicted molar refractivity (Wildman–Crippen MR) is 371 cm³/mol. The lowest BCUT2D eigenvalue weighted by Gasteiger charge is -2.20. The Hall–Kier alpha value is -2.90. The molecule has 0 unspecified atom stereocenters. The van der Waals surface area contributed by atoms with Crippen LogP contribution in [0.25, 0.3) is 0 Å². The molecular weight excluding hydrogens is 1080 g/mol. The fraction of sp³-hybridized carbons (Fsp3) is 0.873. The van der Waals surface area contributed by atoms with Crippen LogP contribution in [0.2, 0.25) is 0 Å². The number of ether oxygens (including phenoxy) is 4. The Morgan fingerprint density at radius 1 is 0.241 bits per heavy atom. The van der Waals surface area contributed by atoms with Gasteiger partial charge in [-0.2, -0.15) is 0 Å². The van der Waals surface area contributed by atoms with Gasteiger partial charge in [-0.3, -0.25) is 19.2 Å². The first-order valence-corrected chi connectivity index (χ1v) is 38.8. The molecule has 0 aliphatic rings. The van der Waals surface area contributed by atoms with Crippen molar-refractivity contribution >= 4 is 23.9 Å². The zero-order valence-electron chi connectivity index (χ0n) is 58.3. The number of carbonyl (C=O) groups excluding carboxylic acids is 4. The SMILES string of the molecule is CCCCCCCCCCCCCCCCCC(=O)Oc1ccc(C(OC(=O)CCCCCCCCCCCCCCCCC)OC(=O)CCCCCCCCCCCCCCCCC)cc1OC(=O)CCCCCCCCCCCCCCCCC. The van der Waals surface area contributed by atoms with Gasteiger partial charge in [0, 0.05) is 31.2 Å². The zero-order valence-corrected chi connectivity index (χ0v) is 58.3. The molecule has 1 aromatic carbocycles. The molecule has 0 spiro atoms. The third kappa shape index (κ3) is 56.8. The smallest absolute Gasteiger partial charge is 0.311 e. The molecule has 0 radical (unpaired) electrons. The van der Waals surface area contributed by atoms with Crippen molar-refractivity contribution in [1.82, 2.24) is 0 Å². The molecule has 0 aromatic heterocycles. The second kappa shape index (κ2) is 66.0. The molecule has 0 N–H and O–H groups in total. The average molecular weight is 1220 g/mol. The first kappa shape index (κ1) is 82.1. The molecule has 0 amide bonds. The quantitative estimate of drug-likeness (QED) is 0.0275. The highest BCUT2D eigenvalue weighted by atomic mass is 16.7. The van der Waals surface area contributed by atoms with Gasteiger partial charge in [0.05, 0.1) is 0 Å². The highest BCUT2D eigenvalue weighted by Crippen LogP contribution is 2.34. The van der Waals surface area contributed by atoms with Crippen molar-refractivity contribution in [2.24, 2.45) is 0 Å². The average Bonchev–Trinajstić information content (AvgIpc) is 2.23. The summed E-state index contributed by atoms with van der Waals surface area (Å²) >= 11 is 0. The Bertz CT molecular complexity index is 1610. The molecule has 1 aromatic rings. The first-order valence-electron chi connectivity index (χ1n) is 38.8. The van der Waals surface area contributed by atoms with E-state index in [2.05, 4.69) is 27.7 Å². The molecule has 8 heteroatoms. The van der Waals surface area contributed by atoms with Gasteiger partial charge in [-0.15, -0.1) is 0 Å². The molecule has 0 fully saturated rings. The van der Waals surface area contributed by atoms with Crippen LogP contribution in [-0.2, 0) is 28.7 Å². The van der Waals surface area contributed by atoms with Crippen LogP contribution in [0.15, 0.2) is 18.2 Å². The van der Waals surface area contributed by atoms with Gasteiger partial charge < -0.3 is 18.9 Å². The molecule has 0 aliphatic carbocycles. The molecule has 0 bridgehead atoms. The number of hydrogen-bond donors (Lipinski definition) is 0. The van der Waals surface area contributed by atoms with Gasteiger partial charge >= 0.3 is 23.9 Å². The van der Waals surface area contributed by atoms with Crippen molar-refractivity contribution < 1.29 is 38.1 Å². The lowest BCUT2D eigenvalue weighted by molar-refractivity contribution is -0.190. The van der Waals surface area contributed by atoms with Gasteiger partial charge in [-0.05, 0) is 43.9 Å². The fourth-order valence-electron chi connectivity index (χ4n) is 12.3. The first-order chi connectivity index (χ1) is 42.8. The molecule has 0 aliphatic heterocycles. The van der Waals surface area contributed by atoms with Gasteiger partial charge in [0.1, 0.15) is 0 Å². The Morgan fingerprint density at radius 2 is 0.425 bits per heavy atom. The van der Waals surface area contributed by atoms with Gasteiger partial charge in [-0.25, -0.2) is 0 Å². The molecule has 0 saturated carbocycles. The van der Waals surface area contributed by atoms with Crippen LogP contribution in [0.3, 0.4) is 0 Å². The summed E-state index contributed by atoms with van der Waals surface area (Å²) in [6.45, 7) is 9.10. The minimum Gasteiger partial charge on any atom is -0.423 e. The van der Waals surface area contributed by atoms with Crippen molar-refractivity contribution in [2.45, 2.75) is 445 Å². The van der Waals surface area contributed by atoms with E-state index in [0.717, 1.165) is 57.8 Å². The number of benzene rings is 1. The van der Waals surface area contributed by atoms with Crippen LogP contribution in [-0.4, -0.2) is 23.9 Å². The fourth-order valence-corrected chi connectivity index (χ4v) is 12.3. The summed E-state index contributed by atoms with van der Waals surface area (Å²) in [5.41, 5.74) is 0.363. The second-order valence-electron chi connectivity index (χ2n) is 26.8. The van der Waals surface area contributed by atoms with Crippen LogP contribution < -0.4 is 9.47 Å². The minimum atomic E-state index is -1.32. The van der Waals surface area contributed by atoms with E-state index >= 15 is 0 Å².